The average Bonchev–Trinajstić information content (AvgIpc) is 2.74. The van der Waals surface area contributed by atoms with Gasteiger partial charge in [-0.05, 0) is 38.5 Å². The first-order valence-electron chi connectivity index (χ1n) is 6.38. The van der Waals surface area contributed by atoms with Gasteiger partial charge in [-0.1, -0.05) is 30.3 Å². The number of thioether (sulfide) groups is 1. The van der Waals surface area contributed by atoms with Crippen molar-refractivity contribution in [3.63, 3.8) is 0 Å². The molecule has 0 unspecified atom stereocenters. The van der Waals surface area contributed by atoms with Crippen LogP contribution in [0.1, 0.15) is 27.2 Å². The predicted molar refractivity (Wildman–Crippen MR) is 82.7 cm³/mol. The van der Waals surface area contributed by atoms with Crippen LogP contribution in [-0.2, 0) is 10.3 Å². The summed E-state index contributed by atoms with van der Waals surface area (Å²) in [6.07, 6.45) is 0.918. The Hall–Kier alpha value is -1.20. The first-order chi connectivity index (χ1) is 9.35. The lowest BCUT2D eigenvalue weighted by Gasteiger charge is -2.27. The highest BCUT2D eigenvalue weighted by Crippen LogP contribution is 2.33. The fourth-order valence-electron chi connectivity index (χ4n) is 2.00. The molecule has 0 radical (unpaired) electrons. The number of nitrogens with zero attached hydrogens (tertiary/aromatic N) is 2. The van der Waals surface area contributed by atoms with Crippen molar-refractivity contribution in [2.45, 2.75) is 37.9 Å². The average molecular weight is 313 g/mol. The van der Waals surface area contributed by atoms with Crippen LogP contribution in [0.3, 0.4) is 0 Å². The number of imidazole rings is 1. The maximum atomic E-state index is 10.8. The number of fused-ring (bicyclic) bond motifs is 1. The zero-order chi connectivity index (χ0) is 14.9. The van der Waals surface area contributed by atoms with E-state index >= 15 is 0 Å². The van der Waals surface area contributed by atoms with E-state index in [0.717, 1.165) is 22.6 Å². The SMILES string of the molecule is CCC(C)(C)n1c(SCC(=O)O)nc2cc(Cl)ccc21. The van der Waals surface area contributed by atoms with Gasteiger partial charge < -0.3 is 9.67 Å². The summed E-state index contributed by atoms with van der Waals surface area (Å²) in [5, 5.41) is 10.2. The molecule has 1 heterocycles. The number of rotatable bonds is 5. The van der Waals surface area contributed by atoms with Crippen LogP contribution >= 0.6 is 23.4 Å². The van der Waals surface area contributed by atoms with Crippen molar-refractivity contribution in [3.05, 3.63) is 23.2 Å². The smallest absolute Gasteiger partial charge is 0.313 e. The summed E-state index contributed by atoms with van der Waals surface area (Å²) >= 11 is 7.24. The Balaban J connectivity index is 2.59. The molecule has 0 aliphatic rings. The van der Waals surface area contributed by atoms with Crippen molar-refractivity contribution in [3.8, 4) is 0 Å². The molecule has 0 atom stereocenters. The van der Waals surface area contributed by atoms with E-state index in [1.54, 1.807) is 0 Å². The van der Waals surface area contributed by atoms with Gasteiger partial charge in [0.1, 0.15) is 0 Å². The maximum Gasteiger partial charge on any atom is 0.313 e. The van der Waals surface area contributed by atoms with Crippen LogP contribution in [0.2, 0.25) is 5.02 Å². The number of hydrogen-bond donors (Lipinski definition) is 1. The Morgan fingerprint density at radius 3 is 2.80 bits per heavy atom. The lowest BCUT2D eigenvalue weighted by Crippen LogP contribution is -2.26. The normalized spacial score (nSPS) is 12.0. The first kappa shape index (κ1) is 15.2. The molecule has 20 heavy (non-hydrogen) atoms. The molecule has 4 nitrogen and oxygen atoms in total. The molecule has 0 bridgehead atoms. The summed E-state index contributed by atoms with van der Waals surface area (Å²) in [6, 6.07) is 5.58. The lowest BCUT2D eigenvalue weighted by molar-refractivity contribution is -0.133. The largest absolute Gasteiger partial charge is 0.481 e. The number of carboxylic acid groups (broad SMARTS) is 1. The van der Waals surface area contributed by atoms with E-state index in [1.807, 2.05) is 18.2 Å². The summed E-state index contributed by atoms with van der Waals surface area (Å²) in [7, 11) is 0. The molecule has 0 aliphatic carbocycles. The van der Waals surface area contributed by atoms with Gasteiger partial charge in [0.15, 0.2) is 5.16 Å². The summed E-state index contributed by atoms with van der Waals surface area (Å²) in [4.78, 5) is 15.3. The van der Waals surface area contributed by atoms with Crippen molar-refractivity contribution >= 4 is 40.4 Å². The minimum absolute atomic E-state index is 0.00313. The number of aliphatic carboxylic acids is 1. The van der Waals surface area contributed by atoms with Crippen LogP contribution in [0.5, 0.6) is 0 Å². The number of benzene rings is 1. The number of aromatic nitrogens is 2. The molecule has 6 heteroatoms. The monoisotopic (exact) mass is 312 g/mol. The second-order valence-electron chi connectivity index (χ2n) is 5.21. The topological polar surface area (TPSA) is 55.1 Å². The van der Waals surface area contributed by atoms with Gasteiger partial charge in [-0.3, -0.25) is 4.79 Å². The van der Waals surface area contributed by atoms with E-state index in [1.165, 1.54) is 11.8 Å². The Labute approximate surface area is 127 Å². The van der Waals surface area contributed by atoms with Crippen LogP contribution < -0.4 is 0 Å². The van der Waals surface area contributed by atoms with Crippen molar-refractivity contribution < 1.29 is 9.90 Å². The zero-order valence-corrected chi connectivity index (χ0v) is 13.3. The van der Waals surface area contributed by atoms with Crippen LogP contribution in [0, 0.1) is 0 Å². The first-order valence-corrected chi connectivity index (χ1v) is 7.74. The Bertz CT molecular complexity index is 652. The highest BCUT2D eigenvalue weighted by atomic mass is 35.5. The van der Waals surface area contributed by atoms with E-state index in [-0.39, 0.29) is 11.3 Å². The molecule has 0 amide bonds. The third kappa shape index (κ3) is 2.94. The van der Waals surface area contributed by atoms with E-state index in [9.17, 15) is 4.79 Å². The zero-order valence-electron chi connectivity index (χ0n) is 11.7. The summed E-state index contributed by atoms with van der Waals surface area (Å²) in [6.45, 7) is 6.34. The molecule has 2 rings (SSSR count). The van der Waals surface area contributed by atoms with Crippen LogP contribution in [0.25, 0.3) is 11.0 Å². The van der Waals surface area contributed by atoms with Gasteiger partial charge in [0.05, 0.1) is 16.8 Å². The van der Waals surface area contributed by atoms with Gasteiger partial charge in [0.2, 0.25) is 0 Å². The van der Waals surface area contributed by atoms with Gasteiger partial charge in [-0.15, -0.1) is 0 Å². The number of carboxylic acids is 1. The Kier molecular flexibility index (Phi) is 4.30. The molecule has 1 aromatic carbocycles. The van der Waals surface area contributed by atoms with Crippen molar-refractivity contribution in [2.24, 2.45) is 0 Å². The van der Waals surface area contributed by atoms with E-state index in [4.69, 9.17) is 16.7 Å². The minimum atomic E-state index is -0.846. The lowest BCUT2D eigenvalue weighted by atomic mass is 10.0. The number of carbonyl (C=O) groups is 1. The molecule has 0 saturated carbocycles. The van der Waals surface area contributed by atoms with Gasteiger partial charge in [0.25, 0.3) is 0 Å². The van der Waals surface area contributed by atoms with Gasteiger partial charge in [-0.25, -0.2) is 4.98 Å². The van der Waals surface area contributed by atoms with Crippen LogP contribution in [0.15, 0.2) is 23.4 Å². The number of hydrogen-bond acceptors (Lipinski definition) is 3. The van der Waals surface area contributed by atoms with Crippen LogP contribution in [0.4, 0.5) is 0 Å². The quantitative estimate of drug-likeness (QED) is 0.847. The molecule has 1 aromatic heterocycles. The van der Waals surface area contributed by atoms with Gasteiger partial charge in [0, 0.05) is 10.6 Å². The van der Waals surface area contributed by atoms with E-state index < -0.39 is 5.97 Å². The summed E-state index contributed by atoms with van der Waals surface area (Å²) < 4.78 is 2.10. The molecule has 0 aliphatic heterocycles. The molecule has 0 spiro atoms. The van der Waals surface area contributed by atoms with Crippen LogP contribution in [-0.4, -0.2) is 26.4 Å². The van der Waals surface area contributed by atoms with Crippen molar-refractivity contribution in [1.82, 2.24) is 9.55 Å². The highest BCUT2D eigenvalue weighted by molar-refractivity contribution is 7.99. The standard InChI is InChI=1S/C14H17ClN2O2S/c1-4-14(2,3)17-11-6-5-9(15)7-10(11)16-13(17)20-8-12(18)19/h5-7H,4,8H2,1-3H3,(H,18,19). The highest BCUT2D eigenvalue weighted by Gasteiger charge is 2.25. The minimum Gasteiger partial charge on any atom is -0.481 e. The molecular weight excluding hydrogens is 296 g/mol. The van der Waals surface area contributed by atoms with Gasteiger partial charge in [-0.2, -0.15) is 0 Å². The Morgan fingerprint density at radius 1 is 1.50 bits per heavy atom. The van der Waals surface area contributed by atoms with Crippen molar-refractivity contribution in [1.29, 1.82) is 0 Å². The van der Waals surface area contributed by atoms with Gasteiger partial charge >= 0.3 is 5.97 Å². The fraction of sp³-hybridized carbons (Fsp3) is 0.429. The summed E-state index contributed by atoms with van der Waals surface area (Å²) in [5.41, 5.74) is 1.64. The summed E-state index contributed by atoms with van der Waals surface area (Å²) in [5.74, 6) is -0.849. The van der Waals surface area contributed by atoms with E-state index in [0.29, 0.717) is 5.02 Å². The molecule has 1 N–H and O–H groups in total. The molecule has 0 fully saturated rings. The second kappa shape index (κ2) is 5.66. The maximum absolute atomic E-state index is 10.8. The predicted octanol–water partition coefficient (Wildman–Crippen LogP) is 4.01. The Morgan fingerprint density at radius 2 is 2.20 bits per heavy atom. The molecule has 2 aromatic rings. The van der Waals surface area contributed by atoms with Crippen molar-refractivity contribution in [2.75, 3.05) is 5.75 Å². The van der Waals surface area contributed by atoms with E-state index in [2.05, 4.69) is 30.3 Å². The molecule has 108 valence electrons. The third-order valence-electron chi connectivity index (χ3n) is 3.38. The molecule has 0 saturated heterocycles. The second-order valence-corrected chi connectivity index (χ2v) is 6.59. The number of halogens is 1. The molecular formula is C14H17ClN2O2S. The fourth-order valence-corrected chi connectivity index (χ4v) is 3.05. The third-order valence-corrected chi connectivity index (χ3v) is 4.54.